The van der Waals surface area contributed by atoms with Crippen molar-refractivity contribution >= 4 is 17.3 Å². The third kappa shape index (κ3) is 3.00. The zero-order valence-corrected chi connectivity index (χ0v) is 11.8. The number of hydrogen-bond donors (Lipinski definition) is 1. The molecule has 1 aromatic rings. The third-order valence-electron chi connectivity index (χ3n) is 3.81. The maximum atomic E-state index is 12.4. The van der Waals surface area contributed by atoms with Crippen LogP contribution in [-0.4, -0.2) is 36.5 Å². The van der Waals surface area contributed by atoms with Crippen molar-refractivity contribution in [2.75, 3.05) is 30.3 Å². The van der Waals surface area contributed by atoms with Crippen molar-refractivity contribution in [1.82, 2.24) is 4.90 Å². The molecule has 1 aliphatic heterocycles. The molecule has 0 bridgehead atoms. The Balaban J connectivity index is 2.11. The van der Waals surface area contributed by atoms with E-state index in [1.165, 1.54) is 0 Å². The molecule has 1 aliphatic rings. The zero-order valence-electron chi connectivity index (χ0n) is 11.8. The summed E-state index contributed by atoms with van der Waals surface area (Å²) in [6.07, 6.45) is 2.26. The fourth-order valence-corrected chi connectivity index (χ4v) is 2.68. The standard InChI is InChI=1S/C15H23N3O/c1-3-18(14-8-6-13(16)7-9-14)12(2)15(19)17-10-4-5-11-17/h6-9,12H,3-5,10-11,16H2,1-2H3. The quantitative estimate of drug-likeness (QED) is 0.844. The van der Waals surface area contributed by atoms with Gasteiger partial charge < -0.3 is 15.5 Å². The fourth-order valence-electron chi connectivity index (χ4n) is 2.68. The number of nitrogens with zero attached hydrogens (tertiary/aromatic N) is 2. The topological polar surface area (TPSA) is 49.6 Å². The lowest BCUT2D eigenvalue weighted by Gasteiger charge is -2.32. The van der Waals surface area contributed by atoms with E-state index < -0.39 is 0 Å². The number of carbonyl (C=O) groups excluding carboxylic acids is 1. The van der Waals surface area contributed by atoms with Gasteiger partial charge in [0.2, 0.25) is 5.91 Å². The van der Waals surface area contributed by atoms with Crippen LogP contribution in [-0.2, 0) is 4.79 Å². The summed E-state index contributed by atoms with van der Waals surface area (Å²) in [5.74, 6) is 0.233. The molecule has 0 aromatic heterocycles. The fraction of sp³-hybridized carbons (Fsp3) is 0.533. The number of rotatable bonds is 4. The molecule has 19 heavy (non-hydrogen) atoms. The summed E-state index contributed by atoms with van der Waals surface area (Å²) in [5, 5.41) is 0. The number of anilines is 2. The normalized spacial score (nSPS) is 16.4. The van der Waals surface area contributed by atoms with Crippen LogP contribution >= 0.6 is 0 Å². The van der Waals surface area contributed by atoms with Gasteiger partial charge in [0.25, 0.3) is 0 Å². The zero-order chi connectivity index (χ0) is 13.8. The molecular weight excluding hydrogens is 238 g/mol. The van der Waals surface area contributed by atoms with Crippen LogP contribution in [0, 0.1) is 0 Å². The Hall–Kier alpha value is -1.71. The van der Waals surface area contributed by atoms with Crippen molar-refractivity contribution < 1.29 is 4.79 Å². The van der Waals surface area contributed by atoms with Crippen molar-refractivity contribution in [3.05, 3.63) is 24.3 Å². The maximum Gasteiger partial charge on any atom is 0.244 e. The van der Waals surface area contributed by atoms with E-state index in [0.29, 0.717) is 0 Å². The minimum atomic E-state index is -0.119. The van der Waals surface area contributed by atoms with Gasteiger partial charge in [-0.25, -0.2) is 0 Å². The smallest absolute Gasteiger partial charge is 0.244 e. The van der Waals surface area contributed by atoms with Crippen LogP contribution in [0.4, 0.5) is 11.4 Å². The van der Waals surface area contributed by atoms with E-state index in [9.17, 15) is 4.79 Å². The molecule has 1 heterocycles. The number of amides is 1. The SMILES string of the molecule is CCN(c1ccc(N)cc1)C(C)C(=O)N1CCCC1. The number of carbonyl (C=O) groups is 1. The van der Waals surface area contributed by atoms with Crippen molar-refractivity contribution in [1.29, 1.82) is 0 Å². The molecule has 2 N–H and O–H groups in total. The van der Waals surface area contributed by atoms with Crippen molar-refractivity contribution in [3.8, 4) is 0 Å². The number of hydrogen-bond acceptors (Lipinski definition) is 3. The minimum absolute atomic E-state index is 0.119. The Bertz CT molecular complexity index is 424. The molecule has 1 unspecified atom stereocenters. The van der Waals surface area contributed by atoms with E-state index in [-0.39, 0.29) is 11.9 Å². The molecule has 1 fully saturated rings. The average molecular weight is 261 g/mol. The van der Waals surface area contributed by atoms with E-state index in [1.54, 1.807) is 0 Å². The number of likely N-dealkylation sites (N-methyl/N-ethyl adjacent to an activating group) is 1. The first-order valence-corrected chi connectivity index (χ1v) is 7.04. The van der Waals surface area contributed by atoms with Crippen LogP contribution in [0.1, 0.15) is 26.7 Å². The first-order chi connectivity index (χ1) is 9.13. The minimum Gasteiger partial charge on any atom is -0.399 e. The molecule has 1 aromatic carbocycles. The van der Waals surface area contributed by atoms with Crippen LogP contribution in [0.3, 0.4) is 0 Å². The van der Waals surface area contributed by atoms with Gasteiger partial charge in [-0.05, 0) is 51.0 Å². The van der Waals surface area contributed by atoms with Crippen LogP contribution in [0.15, 0.2) is 24.3 Å². The van der Waals surface area contributed by atoms with E-state index in [0.717, 1.165) is 43.9 Å². The lowest BCUT2D eigenvalue weighted by Crippen LogP contribution is -2.46. The highest BCUT2D eigenvalue weighted by molar-refractivity contribution is 5.85. The highest BCUT2D eigenvalue weighted by Gasteiger charge is 2.27. The molecule has 0 spiro atoms. The largest absolute Gasteiger partial charge is 0.399 e. The number of likely N-dealkylation sites (tertiary alicyclic amines) is 1. The molecule has 0 saturated carbocycles. The number of nitrogen functional groups attached to an aromatic ring is 1. The van der Waals surface area contributed by atoms with Gasteiger partial charge in [-0.1, -0.05) is 0 Å². The third-order valence-corrected chi connectivity index (χ3v) is 3.81. The van der Waals surface area contributed by atoms with Crippen molar-refractivity contribution in [2.45, 2.75) is 32.7 Å². The molecule has 0 aliphatic carbocycles. The Kier molecular flexibility index (Phi) is 4.30. The Labute approximate surface area is 115 Å². The monoisotopic (exact) mass is 261 g/mol. The maximum absolute atomic E-state index is 12.4. The summed E-state index contributed by atoms with van der Waals surface area (Å²) in [7, 11) is 0. The molecule has 1 saturated heterocycles. The molecular formula is C15H23N3O. The van der Waals surface area contributed by atoms with Gasteiger partial charge in [0.05, 0.1) is 0 Å². The van der Waals surface area contributed by atoms with Crippen LogP contribution in [0.25, 0.3) is 0 Å². The summed E-state index contributed by atoms with van der Waals surface area (Å²) < 4.78 is 0. The van der Waals surface area contributed by atoms with Gasteiger partial charge in [0.15, 0.2) is 0 Å². The highest BCUT2D eigenvalue weighted by atomic mass is 16.2. The Morgan fingerprint density at radius 3 is 2.42 bits per heavy atom. The first kappa shape index (κ1) is 13.7. The molecule has 104 valence electrons. The average Bonchev–Trinajstić information content (AvgIpc) is 2.94. The molecule has 0 radical (unpaired) electrons. The van der Waals surface area contributed by atoms with Crippen LogP contribution in [0.2, 0.25) is 0 Å². The summed E-state index contributed by atoms with van der Waals surface area (Å²) >= 11 is 0. The van der Waals surface area contributed by atoms with Gasteiger partial charge in [-0.15, -0.1) is 0 Å². The summed E-state index contributed by atoms with van der Waals surface area (Å²) in [6, 6.07) is 7.60. The Morgan fingerprint density at radius 1 is 1.32 bits per heavy atom. The van der Waals surface area contributed by atoms with E-state index >= 15 is 0 Å². The van der Waals surface area contributed by atoms with E-state index in [4.69, 9.17) is 5.73 Å². The van der Waals surface area contributed by atoms with E-state index in [1.807, 2.05) is 36.1 Å². The van der Waals surface area contributed by atoms with Crippen molar-refractivity contribution in [3.63, 3.8) is 0 Å². The summed E-state index contributed by atoms with van der Waals surface area (Å²) in [5.41, 5.74) is 7.51. The predicted octanol–water partition coefficient (Wildman–Crippen LogP) is 2.11. The molecule has 1 amide bonds. The second-order valence-electron chi connectivity index (χ2n) is 5.09. The van der Waals surface area contributed by atoms with E-state index in [2.05, 4.69) is 11.8 Å². The molecule has 4 heteroatoms. The van der Waals surface area contributed by atoms with Gasteiger partial charge in [-0.3, -0.25) is 4.79 Å². The highest BCUT2D eigenvalue weighted by Crippen LogP contribution is 2.20. The van der Waals surface area contributed by atoms with Gasteiger partial charge in [0, 0.05) is 31.0 Å². The van der Waals surface area contributed by atoms with Crippen LogP contribution in [0.5, 0.6) is 0 Å². The van der Waals surface area contributed by atoms with Crippen molar-refractivity contribution in [2.24, 2.45) is 0 Å². The lowest BCUT2D eigenvalue weighted by atomic mass is 10.2. The molecule has 1 atom stereocenters. The first-order valence-electron chi connectivity index (χ1n) is 7.04. The second kappa shape index (κ2) is 5.95. The van der Waals surface area contributed by atoms with Crippen LogP contribution < -0.4 is 10.6 Å². The van der Waals surface area contributed by atoms with Gasteiger partial charge in [0.1, 0.15) is 6.04 Å². The lowest BCUT2D eigenvalue weighted by molar-refractivity contribution is -0.131. The summed E-state index contributed by atoms with van der Waals surface area (Å²) in [4.78, 5) is 16.5. The molecule has 4 nitrogen and oxygen atoms in total. The number of benzene rings is 1. The summed E-state index contributed by atoms with van der Waals surface area (Å²) in [6.45, 7) is 6.68. The molecule has 2 rings (SSSR count). The van der Waals surface area contributed by atoms with Gasteiger partial charge in [-0.2, -0.15) is 0 Å². The van der Waals surface area contributed by atoms with Gasteiger partial charge >= 0.3 is 0 Å². The second-order valence-corrected chi connectivity index (χ2v) is 5.09. The Morgan fingerprint density at radius 2 is 1.89 bits per heavy atom. The predicted molar refractivity (Wildman–Crippen MR) is 79.2 cm³/mol. The number of nitrogens with two attached hydrogens (primary N) is 1.